The number of hydrogen-bond donors (Lipinski definition) is 0. The highest BCUT2D eigenvalue weighted by atomic mass is 19.1. The van der Waals surface area contributed by atoms with Gasteiger partial charge in [-0.2, -0.15) is 4.99 Å². The van der Waals surface area contributed by atoms with Crippen LogP contribution in [-0.2, 0) is 6.42 Å². The number of halogens is 1. The Balaban J connectivity index is 1.47. The van der Waals surface area contributed by atoms with Crippen LogP contribution in [0.4, 0.5) is 14.9 Å². The summed E-state index contributed by atoms with van der Waals surface area (Å²) in [6.07, 6.45) is 5.91. The predicted octanol–water partition coefficient (Wildman–Crippen LogP) is 5.50. The Morgan fingerprint density at radius 1 is 1.12 bits per heavy atom. The van der Waals surface area contributed by atoms with Gasteiger partial charge in [0.15, 0.2) is 0 Å². The molecule has 0 aliphatic carbocycles. The van der Waals surface area contributed by atoms with Gasteiger partial charge < -0.3 is 9.80 Å². The molecule has 5 nitrogen and oxygen atoms in total. The summed E-state index contributed by atoms with van der Waals surface area (Å²) in [5, 5.41) is 0. The normalized spacial score (nSPS) is 27.6. The average Bonchev–Trinajstić information content (AvgIpc) is 3.40. The number of amidine groups is 1. The average molecular weight is 463 g/mol. The molecule has 0 N–H and O–H groups in total. The molecule has 0 bridgehead atoms. The number of likely N-dealkylation sites (tertiary alicyclic amines) is 2. The molecule has 2 fully saturated rings. The summed E-state index contributed by atoms with van der Waals surface area (Å²) in [7, 11) is 0. The molecule has 0 saturated carbocycles. The molecule has 2 saturated heterocycles. The second-order valence-corrected chi connectivity index (χ2v) is 10.0. The van der Waals surface area contributed by atoms with E-state index in [9.17, 15) is 9.18 Å². The van der Waals surface area contributed by atoms with E-state index in [4.69, 9.17) is 4.99 Å². The Morgan fingerprint density at radius 2 is 1.94 bits per heavy atom. The van der Waals surface area contributed by atoms with Crippen molar-refractivity contribution in [1.82, 2.24) is 9.80 Å². The summed E-state index contributed by atoms with van der Waals surface area (Å²) in [4.78, 5) is 24.9. The molecule has 0 radical (unpaired) electrons. The highest BCUT2D eigenvalue weighted by Gasteiger charge is 2.55. The van der Waals surface area contributed by atoms with E-state index in [-0.39, 0.29) is 11.8 Å². The zero-order chi connectivity index (χ0) is 23.7. The number of urea groups is 1. The Kier molecular flexibility index (Phi) is 6.43. The molecule has 1 unspecified atom stereocenters. The van der Waals surface area contributed by atoms with E-state index < -0.39 is 5.54 Å². The quantitative estimate of drug-likeness (QED) is 0.589. The first kappa shape index (κ1) is 23.0. The van der Waals surface area contributed by atoms with Crippen LogP contribution in [0.1, 0.15) is 51.5 Å². The van der Waals surface area contributed by atoms with Crippen LogP contribution in [0.15, 0.2) is 59.6 Å². The summed E-state index contributed by atoms with van der Waals surface area (Å²) >= 11 is 0. The largest absolute Gasteiger partial charge is 0.355 e. The first-order valence-electron chi connectivity index (χ1n) is 12.8. The number of hydrogen-bond acceptors (Lipinski definition) is 3. The van der Waals surface area contributed by atoms with Gasteiger partial charge in [-0.05, 0) is 75.8 Å². The Bertz CT molecular complexity index is 1060. The summed E-state index contributed by atoms with van der Waals surface area (Å²) in [5.74, 6) is 0.592. The molecule has 0 aromatic heterocycles. The van der Waals surface area contributed by atoms with Crippen LogP contribution in [0.3, 0.4) is 0 Å². The van der Waals surface area contributed by atoms with Crippen molar-refractivity contribution in [3.05, 3.63) is 66.0 Å². The molecule has 3 atom stereocenters. The molecule has 3 aliphatic heterocycles. The number of aryl methyl sites for hydroxylation is 1. The van der Waals surface area contributed by atoms with Crippen molar-refractivity contribution < 1.29 is 9.18 Å². The minimum absolute atomic E-state index is 0.258. The summed E-state index contributed by atoms with van der Waals surface area (Å²) in [6, 6.07) is 17.5. The maximum absolute atomic E-state index is 14.2. The first-order chi connectivity index (χ1) is 16.5. The van der Waals surface area contributed by atoms with E-state index in [1.165, 1.54) is 17.7 Å². The van der Waals surface area contributed by atoms with Crippen molar-refractivity contribution in [3.63, 3.8) is 0 Å². The van der Waals surface area contributed by atoms with E-state index in [0.717, 1.165) is 64.0 Å². The molecule has 1 spiro atoms. The summed E-state index contributed by atoms with van der Waals surface area (Å²) in [5.41, 5.74) is 1.44. The van der Waals surface area contributed by atoms with Gasteiger partial charge in [-0.3, -0.25) is 4.90 Å². The number of aliphatic imine (C=N–C) groups is 1. The van der Waals surface area contributed by atoms with Crippen molar-refractivity contribution in [2.24, 2.45) is 4.99 Å². The summed E-state index contributed by atoms with van der Waals surface area (Å²) < 4.78 is 14.2. The Morgan fingerprint density at radius 3 is 2.68 bits per heavy atom. The molecule has 5 rings (SSSR count). The third-order valence-corrected chi connectivity index (χ3v) is 8.04. The van der Waals surface area contributed by atoms with Crippen LogP contribution < -0.4 is 4.90 Å². The van der Waals surface area contributed by atoms with Crippen LogP contribution in [0.25, 0.3) is 0 Å². The standard InChI is InChI=1S/C28H35FN4O/c1-3-31-18-16-28(20-21(31)2)26(30-27(34)33(28)25-12-7-11-23(29)19-25)32-17-8-13-24(32)15-14-22-9-5-4-6-10-22/h4-7,9-12,19,21,24H,3,8,13-18,20H2,1-2H3/t21-,24?,28+/m0/s1. The van der Waals surface area contributed by atoms with E-state index in [1.807, 2.05) is 11.0 Å². The first-order valence-corrected chi connectivity index (χ1v) is 12.8. The van der Waals surface area contributed by atoms with Gasteiger partial charge in [-0.1, -0.05) is 43.3 Å². The van der Waals surface area contributed by atoms with Gasteiger partial charge in [0.25, 0.3) is 0 Å². The number of anilines is 1. The fraction of sp³-hybridized carbons (Fsp3) is 0.500. The third kappa shape index (κ3) is 4.13. The molecule has 180 valence electrons. The Labute approximate surface area is 202 Å². The lowest BCUT2D eigenvalue weighted by Gasteiger charge is -2.50. The molecular formula is C28H35FN4O. The monoisotopic (exact) mass is 462 g/mol. The van der Waals surface area contributed by atoms with Gasteiger partial charge in [-0.25, -0.2) is 9.18 Å². The van der Waals surface area contributed by atoms with Crippen molar-refractivity contribution in [1.29, 1.82) is 0 Å². The molecule has 3 heterocycles. The van der Waals surface area contributed by atoms with E-state index in [2.05, 4.69) is 54.0 Å². The molecule has 2 amide bonds. The minimum Gasteiger partial charge on any atom is -0.355 e. The third-order valence-electron chi connectivity index (χ3n) is 8.04. The molecule has 34 heavy (non-hydrogen) atoms. The van der Waals surface area contributed by atoms with Crippen LogP contribution >= 0.6 is 0 Å². The maximum Gasteiger partial charge on any atom is 0.350 e. The lowest BCUT2D eigenvalue weighted by atomic mass is 9.80. The number of carbonyl (C=O) groups is 1. The maximum atomic E-state index is 14.2. The van der Waals surface area contributed by atoms with Gasteiger partial charge in [0.2, 0.25) is 0 Å². The molecule has 6 heteroatoms. The predicted molar refractivity (Wildman–Crippen MR) is 135 cm³/mol. The van der Waals surface area contributed by atoms with Gasteiger partial charge in [0.05, 0.1) is 0 Å². The molecule has 2 aromatic rings. The van der Waals surface area contributed by atoms with Crippen LogP contribution in [0.5, 0.6) is 0 Å². The van der Waals surface area contributed by atoms with Crippen molar-refractivity contribution in [2.75, 3.05) is 24.5 Å². The van der Waals surface area contributed by atoms with E-state index in [1.54, 1.807) is 6.07 Å². The van der Waals surface area contributed by atoms with Gasteiger partial charge in [0.1, 0.15) is 17.2 Å². The number of carbonyl (C=O) groups excluding carboxylic acids is 1. The number of benzene rings is 2. The fourth-order valence-corrected chi connectivity index (χ4v) is 6.37. The highest BCUT2D eigenvalue weighted by Crippen LogP contribution is 2.43. The minimum atomic E-state index is -0.523. The number of amides is 2. The van der Waals surface area contributed by atoms with Gasteiger partial charge in [0, 0.05) is 30.9 Å². The molecule has 2 aromatic carbocycles. The molecule has 3 aliphatic rings. The summed E-state index contributed by atoms with van der Waals surface area (Å²) in [6.45, 7) is 7.24. The zero-order valence-electron chi connectivity index (χ0n) is 20.3. The fourth-order valence-electron chi connectivity index (χ4n) is 6.37. The molecular weight excluding hydrogens is 427 g/mol. The van der Waals surface area contributed by atoms with Crippen LogP contribution in [0, 0.1) is 5.82 Å². The lowest BCUT2D eigenvalue weighted by molar-refractivity contribution is 0.131. The van der Waals surface area contributed by atoms with Crippen molar-refractivity contribution in [3.8, 4) is 0 Å². The zero-order valence-corrected chi connectivity index (χ0v) is 20.3. The number of piperidine rings is 1. The Hall–Kier alpha value is -2.73. The SMILES string of the molecule is CCN1CC[C@@]2(C[C@@H]1C)C(N1CCCC1CCc1ccccc1)=NC(=O)N2c1cccc(F)c1. The van der Waals surface area contributed by atoms with Gasteiger partial charge >= 0.3 is 6.03 Å². The highest BCUT2D eigenvalue weighted by molar-refractivity contribution is 6.16. The lowest BCUT2D eigenvalue weighted by Crippen LogP contribution is -2.64. The smallest absolute Gasteiger partial charge is 0.350 e. The van der Waals surface area contributed by atoms with E-state index >= 15 is 0 Å². The van der Waals surface area contributed by atoms with Gasteiger partial charge in [-0.15, -0.1) is 0 Å². The second kappa shape index (κ2) is 9.49. The van der Waals surface area contributed by atoms with Crippen molar-refractivity contribution >= 4 is 17.6 Å². The van der Waals surface area contributed by atoms with Crippen LogP contribution in [0.2, 0.25) is 0 Å². The van der Waals surface area contributed by atoms with E-state index in [0.29, 0.717) is 17.8 Å². The number of nitrogens with zero attached hydrogens (tertiary/aromatic N) is 4. The van der Waals surface area contributed by atoms with Crippen molar-refractivity contribution in [2.45, 2.75) is 70.0 Å². The number of rotatable bonds is 5. The second-order valence-electron chi connectivity index (χ2n) is 10.0. The topological polar surface area (TPSA) is 39.1 Å². The van der Waals surface area contributed by atoms with Crippen LogP contribution in [-0.4, -0.2) is 58.9 Å².